The lowest BCUT2D eigenvalue weighted by molar-refractivity contribution is 0.354. The third-order valence-electron chi connectivity index (χ3n) is 3.15. The van der Waals surface area contributed by atoms with E-state index in [1.165, 1.54) is 4.88 Å². The largest absolute Gasteiger partial charge is 0.493 e. The Hall–Kier alpha value is -1.48. The van der Waals surface area contributed by atoms with Gasteiger partial charge in [-0.1, -0.05) is 12.1 Å². The number of nitrogens with one attached hydrogen (secondary N) is 1. The van der Waals surface area contributed by atoms with Gasteiger partial charge in [0.15, 0.2) is 17.5 Å². The third-order valence-corrected chi connectivity index (χ3v) is 4.01. The van der Waals surface area contributed by atoms with E-state index in [0.29, 0.717) is 12.5 Å². The zero-order valence-electron chi connectivity index (χ0n) is 13.2. The zero-order chi connectivity index (χ0) is 15.8. The quantitative estimate of drug-likeness (QED) is 0.389. The Morgan fingerprint density at radius 2 is 2.00 bits per heavy atom. The molecule has 0 radical (unpaired) electrons. The molecule has 1 heterocycles. The maximum absolute atomic E-state index is 5.85. The van der Waals surface area contributed by atoms with Crippen LogP contribution in [0.2, 0.25) is 0 Å². The second-order valence-electron chi connectivity index (χ2n) is 4.65. The van der Waals surface area contributed by atoms with Crippen LogP contribution >= 0.6 is 35.3 Å². The van der Waals surface area contributed by atoms with Gasteiger partial charge in [0.25, 0.3) is 0 Å². The lowest BCUT2D eigenvalue weighted by Crippen LogP contribution is -2.33. The molecule has 126 valence electrons. The average molecular weight is 447 g/mol. The molecule has 0 aliphatic rings. The van der Waals surface area contributed by atoms with Crippen LogP contribution in [0.3, 0.4) is 0 Å². The van der Waals surface area contributed by atoms with Crippen molar-refractivity contribution in [2.45, 2.75) is 13.0 Å². The standard InChI is InChI=1S/C16H21N3O2S.HI/c1-20-14-6-5-12(10-15(14)21-2)7-8-18-16(17)19-11-13-4-3-9-22-13;/h3-6,9-10H,7-8,11H2,1-2H3,(H3,17,18,19);1H. The van der Waals surface area contributed by atoms with Gasteiger partial charge in [-0.25, -0.2) is 4.99 Å². The average Bonchev–Trinajstić information content (AvgIpc) is 3.06. The number of rotatable bonds is 7. The van der Waals surface area contributed by atoms with E-state index in [0.717, 1.165) is 30.0 Å². The van der Waals surface area contributed by atoms with Gasteiger partial charge in [-0.2, -0.15) is 0 Å². The highest BCUT2D eigenvalue weighted by Crippen LogP contribution is 2.27. The first-order chi connectivity index (χ1) is 10.7. The molecule has 2 rings (SSSR count). The van der Waals surface area contributed by atoms with Crippen LogP contribution in [0.1, 0.15) is 10.4 Å². The second kappa shape index (κ2) is 10.3. The first-order valence-electron chi connectivity index (χ1n) is 7.00. The summed E-state index contributed by atoms with van der Waals surface area (Å²) in [6.45, 7) is 1.34. The number of benzene rings is 1. The number of ether oxygens (including phenoxy) is 2. The fourth-order valence-electron chi connectivity index (χ4n) is 1.99. The molecule has 0 aliphatic carbocycles. The predicted octanol–water partition coefficient (Wildman–Crippen LogP) is 3.03. The maximum atomic E-state index is 5.85. The molecule has 0 unspecified atom stereocenters. The molecule has 7 heteroatoms. The number of hydrogen-bond acceptors (Lipinski definition) is 4. The molecule has 0 fully saturated rings. The van der Waals surface area contributed by atoms with Crippen molar-refractivity contribution in [2.75, 3.05) is 20.8 Å². The van der Waals surface area contributed by atoms with E-state index in [-0.39, 0.29) is 24.0 Å². The first kappa shape index (κ1) is 19.6. The molecule has 5 nitrogen and oxygen atoms in total. The highest BCUT2D eigenvalue weighted by atomic mass is 127. The number of thiophene rings is 1. The van der Waals surface area contributed by atoms with Crippen molar-refractivity contribution >= 4 is 41.3 Å². The van der Waals surface area contributed by atoms with Crippen molar-refractivity contribution in [1.82, 2.24) is 5.32 Å². The maximum Gasteiger partial charge on any atom is 0.188 e. The van der Waals surface area contributed by atoms with Crippen LogP contribution in [0.4, 0.5) is 0 Å². The summed E-state index contributed by atoms with van der Waals surface area (Å²) < 4.78 is 10.5. The monoisotopic (exact) mass is 447 g/mol. The number of nitrogens with two attached hydrogens (primary N) is 1. The smallest absolute Gasteiger partial charge is 0.188 e. The summed E-state index contributed by atoms with van der Waals surface area (Å²) in [5.41, 5.74) is 7.00. The minimum atomic E-state index is 0. The van der Waals surface area contributed by atoms with Crippen LogP contribution in [0, 0.1) is 0 Å². The summed E-state index contributed by atoms with van der Waals surface area (Å²) in [5, 5.41) is 5.15. The molecule has 0 amide bonds. The van der Waals surface area contributed by atoms with Crippen LogP contribution in [-0.2, 0) is 13.0 Å². The summed E-state index contributed by atoms with van der Waals surface area (Å²) in [7, 11) is 3.26. The Morgan fingerprint density at radius 3 is 2.65 bits per heavy atom. The number of hydrogen-bond donors (Lipinski definition) is 2. The molecule has 0 saturated carbocycles. The fourth-order valence-corrected chi connectivity index (χ4v) is 2.62. The van der Waals surface area contributed by atoms with Gasteiger partial charge in [0.1, 0.15) is 0 Å². The minimum Gasteiger partial charge on any atom is -0.493 e. The Kier molecular flexibility index (Phi) is 8.78. The minimum absolute atomic E-state index is 0. The van der Waals surface area contributed by atoms with Crippen LogP contribution in [0.5, 0.6) is 11.5 Å². The molecule has 0 spiro atoms. The van der Waals surface area contributed by atoms with E-state index in [4.69, 9.17) is 15.2 Å². The molecule has 0 bridgehead atoms. The SMILES string of the molecule is COc1ccc(CCNC(N)=NCc2cccs2)cc1OC.I. The lowest BCUT2D eigenvalue weighted by Gasteiger charge is -2.10. The highest BCUT2D eigenvalue weighted by molar-refractivity contribution is 14.0. The molecule has 1 aromatic carbocycles. The Labute approximate surface area is 157 Å². The Balaban J connectivity index is 0.00000264. The Bertz CT molecular complexity index is 618. The summed E-state index contributed by atoms with van der Waals surface area (Å²) in [6.07, 6.45) is 0.829. The number of aliphatic imine (C=N–C) groups is 1. The van der Waals surface area contributed by atoms with Crippen molar-refractivity contribution in [1.29, 1.82) is 0 Å². The third kappa shape index (κ3) is 6.26. The van der Waals surface area contributed by atoms with Crippen molar-refractivity contribution in [2.24, 2.45) is 10.7 Å². The summed E-state index contributed by atoms with van der Waals surface area (Å²) in [5.74, 6) is 1.93. The van der Waals surface area contributed by atoms with Gasteiger partial charge in [-0.3, -0.25) is 0 Å². The molecule has 3 N–H and O–H groups in total. The molecule has 23 heavy (non-hydrogen) atoms. The van der Waals surface area contributed by atoms with E-state index < -0.39 is 0 Å². The first-order valence-corrected chi connectivity index (χ1v) is 7.88. The summed E-state index contributed by atoms with van der Waals surface area (Å²) >= 11 is 1.68. The summed E-state index contributed by atoms with van der Waals surface area (Å²) in [6, 6.07) is 9.95. The van der Waals surface area contributed by atoms with Gasteiger partial charge in [0.2, 0.25) is 0 Å². The topological polar surface area (TPSA) is 68.9 Å². The second-order valence-corrected chi connectivity index (χ2v) is 5.68. The molecule has 0 saturated heterocycles. The zero-order valence-corrected chi connectivity index (χ0v) is 16.4. The van der Waals surface area contributed by atoms with Crippen LogP contribution in [-0.4, -0.2) is 26.7 Å². The van der Waals surface area contributed by atoms with E-state index in [2.05, 4.69) is 10.3 Å². The van der Waals surface area contributed by atoms with E-state index in [1.54, 1.807) is 25.6 Å². The molecule has 0 aliphatic heterocycles. The highest BCUT2D eigenvalue weighted by Gasteiger charge is 2.04. The Morgan fingerprint density at radius 1 is 1.22 bits per heavy atom. The van der Waals surface area contributed by atoms with Crippen molar-refractivity contribution in [3.05, 3.63) is 46.2 Å². The molecule has 0 atom stereocenters. The van der Waals surface area contributed by atoms with Crippen molar-refractivity contribution in [3.8, 4) is 11.5 Å². The normalized spacial score (nSPS) is 10.8. The lowest BCUT2D eigenvalue weighted by atomic mass is 10.1. The van der Waals surface area contributed by atoms with Gasteiger partial charge in [0.05, 0.1) is 20.8 Å². The fraction of sp³-hybridized carbons (Fsp3) is 0.312. The summed E-state index contributed by atoms with van der Waals surface area (Å²) in [4.78, 5) is 5.51. The van der Waals surface area contributed by atoms with Crippen molar-refractivity contribution in [3.63, 3.8) is 0 Å². The molecule has 1 aromatic heterocycles. The van der Waals surface area contributed by atoms with Gasteiger partial charge in [-0.15, -0.1) is 35.3 Å². The molecular formula is C16H22IN3O2S. The van der Waals surface area contributed by atoms with E-state index in [9.17, 15) is 0 Å². The van der Waals surface area contributed by atoms with Crippen LogP contribution in [0.25, 0.3) is 0 Å². The van der Waals surface area contributed by atoms with E-state index >= 15 is 0 Å². The molecular weight excluding hydrogens is 425 g/mol. The van der Waals surface area contributed by atoms with Gasteiger partial charge >= 0.3 is 0 Å². The van der Waals surface area contributed by atoms with Gasteiger partial charge in [0, 0.05) is 11.4 Å². The van der Waals surface area contributed by atoms with Gasteiger partial charge in [-0.05, 0) is 35.6 Å². The number of methoxy groups -OCH3 is 2. The van der Waals surface area contributed by atoms with Gasteiger partial charge < -0.3 is 20.5 Å². The number of halogens is 1. The number of nitrogens with zero attached hydrogens (tertiary/aromatic N) is 1. The predicted molar refractivity (Wildman–Crippen MR) is 106 cm³/mol. The number of guanidine groups is 1. The van der Waals surface area contributed by atoms with Crippen molar-refractivity contribution < 1.29 is 9.47 Å². The van der Waals surface area contributed by atoms with Crippen LogP contribution < -0.4 is 20.5 Å². The van der Waals surface area contributed by atoms with Crippen LogP contribution in [0.15, 0.2) is 40.7 Å². The van der Waals surface area contributed by atoms with E-state index in [1.807, 2.05) is 35.7 Å². The molecule has 2 aromatic rings.